The lowest BCUT2D eigenvalue weighted by Gasteiger charge is -2.07. The Labute approximate surface area is 89.4 Å². The highest BCUT2D eigenvalue weighted by Gasteiger charge is 2.20. The Bertz CT molecular complexity index is 469. The maximum Gasteiger partial charge on any atom is 0.358 e. The molecule has 1 heterocycles. The zero-order valence-electron chi connectivity index (χ0n) is 8.20. The van der Waals surface area contributed by atoms with Crippen LogP contribution in [0, 0.1) is 11.3 Å². The number of pyridine rings is 1. The van der Waals surface area contributed by atoms with E-state index < -0.39 is 23.8 Å². The number of nitrogen functional groups attached to an aromatic ring is 1. The van der Waals surface area contributed by atoms with Crippen molar-refractivity contribution in [1.29, 1.82) is 5.26 Å². The van der Waals surface area contributed by atoms with Crippen LogP contribution in [0.15, 0.2) is 6.07 Å². The van der Waals surface area contributed by atoms with E-state index in [2.05, 4.69) is 9.72 Å². The molecule has 0 radical (unpaired) electrons. The lowest BCUT2D eigenvalue weighted by atomic mass is 10.1. The number of esters is 1. The van der Waals surface area contributed by atoms with E-state index in [1.807, 2.05) is 0 Å². The number of carbonyl (C=O) groups excluding carboxylic acids is 1. The van der Waals surface area contributed by atoms with Crippen molar-refractivity contribution in [2.24, 2.45) is 0 Å². The molecule has 84 valence electrons. The van der Waals surface area contributed by atoms with Crippen LogP contribution in [0.5, 0.6) is 0 Å². The SMILES string of the molecule is COC(=O)c1nc(N)c(C(F)F)cc1C#N. The fourth-order valence-electron chi connectivity index (χ4n) is 1.06. The fourth-order valence-corrected chi connectivity index (χ4v) is 1.06. The highest BCUT2D eigenvalue weighted by Crippen LogP contribution is 2.25. The van der Waals surface area contributed by atoms with Gasteiger partial charge in [-0.3, -0.25) is 0 Å². The largest absolute Gasteiger partial charge is 0.464 e. The number of alkyl halides is 2. The number of anilines is 1. The summed E-state index contributed by atoms with van der Waals surface area (Å²) in [5, 5.41) is 8.68. The molecule has 0 fully saturated rings. The van der Waals surface area contributed by atoms with Crippen molar-refractivity contribution in [2.45, 2.75) is 6.43 Å². The highest BCUT2D eigenvalue weighted by molar-refractivity contribution is 5.90. The van der Waals surface area contributed by atoms with Crippen molar-refractivity contribution >= 4 is 11.8 Å². The summed E-state index contributed by atoms with van der Waals surface area (Å²) in [6.07, 6.45) is -2.86. The quantitative estimate of drug-likeness (QED) is 0.768. The summed E-state index contributed by atoms with van der Waals surface area (Å²) in [5.74, 6) is -1.39. The minimum atomic E-state index is -2.86. The van der Waals surface area contributed by atoms with Gasteiger partial charge in [-0.25, -0.2) is 18.6 Å². The van der Waals surface area contributed by atoms with Gasteiger partial charge in [0.05, 0.1) is 18.2 Å². The summed E-state index contributed by atoms with van der Waals surface area (Å²) in [6.45, 7) is 0. The molecule has 0 aliphatic rings. The van der Waals surface area contributed by atoms with E-state index in [1.165, 1.54) is 0 Å². The molecule has 1 aromatic rings. The first-order valence-corrected chi connectivity index (χ1v) is 4.08. The molecule has 0 aromatic carbocycles. The molecule has 0 aliphatic heterocycles. The Morgan fingerprint density at radius 2 is 2.31 bits per heavy atom. The molecule has 0 aliphatic carbocycles. The van der Waals surface area contributed by atoms with Gasteiger partial charge in [0.25, 0.3) is 6.43 Å². The van der Waals surface area contributed by atoms with Gasteiger partial charge in [-0.05, 0) is 6.07 Å². The maximum atomic E-state index is 12.4. The average molecular weight is 227 g/mol. The Balaban J connectivity index is 3.39. The van der Waals surface area contributed by atoms with E-state index in [0.717, 1.165) is 13.2 Å². The van der Waals surface area contributed by atoms with Crippen molar-refractivity contribution in [3.8, 4) is 6.07 Å². The summed E-state index contributed by atoms with van der Waals surface area (Å²) in [7, 11) is 1.09. The third-order valence-electron chi connectivity index (χ3n) is 1.82. The normalized spacial score (nSPS) is 9.94. The van der Waals surface area contributed by atoms with E-state index in [-0.39, 0.29) is 11.3 Å². The van der Waals surface area contributed by atoms with Crippen LogP contribution < -0.4 is 5.73 Å². The third kappa shape index (κ3) is 2.06. The lowest BCUT2D eigenvalue weighted by molar-refractivity contribution is 0.0593. The Morgan fingerprint density at radius 3 is 2.75 bits per heavy atom. The van der Waals surface area contributed by atoms with Crippen LogP contribution in [0.3, 0.4) is 0 Å². The number of halogens is 2. The minimum Gasteiger partial charge on any atom is -0.464 e. The van der Waals surface area contributed by atoms with Crippen LogP contribution in [-0.4, -0.2) is 18.1 Å². The number of methoxy groups -OCH3 is 1. The van der Waals surface area contributed by atoms with E-state index in [1.54, 1.807) is 6.07 Å². The van der Waals surface area contributed by atoms with Crippen molar-refractivity contribution in [1.82, 2.24) is 4.98 Å². The first-order chi connectivity index (χ1) is 7.51. The molecular weight excluding hydrogens is 220 g/mol. The van der Waals surface area contributed by atoms with Crippen LogP contribution in [0.1, 0.15) is 28.0 Å². The number of rotatable bonds is 2. The molecule has 16 heavy (non-hydrogen) atoms. The highest BCUT2D eigenvalue weighted by atomic mass is 19.3. The Morgan fingerprint density at radius 1 is 1.69 bits per heavy atom. The van der Waals surface area contributed by atoms with E-state index >= 15 is 0 Å². The van der Waals surface area contributed by atoms with E-state index in [4.69, 9.17) is 11.0 Å². The van der Waals surface area contributed by atoms with Gasteiger partial charge < -0.3 is 10.5 Å². The Hall–Kier alpha value is -2.23. The second-order valence-corrected chi connectivity index (χ2v) is 2.76. The standard InChI is InChI=1S/C9H7F2N3O2/c1-16-9(15)6-4(3-12)2-5(7(10)11)8(13)14-6/h2,7H,1H3,(H2,13,14). The molecular formula is C9H7F2N3O2. The molecule has 0 bridgehead atoms. The van der Waals surface area contributed by atoms with Gasteiger partial charge >= 0.3 is 5.97 Å². The molecule has 0 unspecified atom stereocenters. The molecule has 7 heteroatoms. The van der Waals surface area contributed by atoms with Crippen molar-refractivity contribution in [3.05, 3.63) is 22.9 Å². The zero-order valence-corrected chi connectivity index (χ0v) is 8.20. The number of hydrogen-bond donors (Lipinski definition) is 1. The number of nitriles is 1. The minimum absolute atomic E-state index is 0.295. The monoisotopic (exact) mass is 227 g/mol. The number of carbonyl (C=O) groups is 1. The van der Waals surface area contributed by atoms with Crippen LogP contribution in [-0.2, 0) is 4.74 Å². The van der Waals surface area contributed by atoms with E-state index in [9.17, 15) is 13.6 Å². The van der Waals surface area contributed by atoms with Gasteiger partial charge in [0.1, 0.15) is 11.9 Å². The molecule has 1 rings (SSSR count). The average Bonchev–Trinajstić information content (AvgIpc) is 2.27. The van der Waals surface area contributed by atoms with Crippen LogP contribution in [0.2, 0.25) is 0 Å². The third-order valence-corrected chi connectivity index (χ3v) is 1.82. The first-order valence-electron chi connectivity index (χ1n) is 4.08. The predicted octanol–water partition coefficient (Wildman–Crippen LogP) is 1.26. The maximum absolute atomic E-state index is 12.4. The van der Waals surface area contributed by atoms with Gasteiger partial charge in [-0.2, -0.15) is 5.26 Å². The number of aromatic nitrogens is 1. The van der Waals surface area contributed by atoms with Gasteiger partial charge in [0.15, 0.2) is 5.69 Å². The number of nitrogens with two attached hydrogens (primary N) is 1. The van der Waals surface area contributed by atoms with Crippen molar-refractivity contribution in [2.75, 3.05) is 12.8 Å². The van der Waals surface area contributed by atoms with Crippen molar-refractivity contribution in [3.63, 3.8) is 0 Å². The van der Waals surface area contributed by atoms with E-state index in [0.29, 0.717) is 0 Å². The molecule has 0 saturated carbocycles. The second kappa shape index (κ2) is 4.53. The fraction of sp³-hybridized carbons (Fsp3) is 0.222. The predicted molar refractivity (Wildman–Crippen MR) is 49.7 cm³/mol. The number of nitrogens with zero attached hydrogens (tertiary/aromatic N) is 2. The smallest absolute Gasteiger partial charge is 0.358 e. The van der Waals surface area contributed by atoms with Gasteiger partial charge in [-0.1, -0.05) is 0 Å². The summed E-state index contributed by atoms with van der Waals surface area (Å²) < 4.78 is 29.2. The molecule has 1 aromatic heterocycles. The summed E-state index contributed by atoms with van der Waals surface area (Å²) in [5.41, 5.74) is 3.99. The van der Waals surface area contributed by atoms with Gasteiger partial charge in [-0.15, -0.1) is 0 Å². The molecule has 2 N–H and O–H groups in total. The summed E-state index contributed by atoms with van der Waals surface area (Å²) in [4.78, 5) is 14.6. The first kappa shape index (κ1) is 11.8. The topological polar surface area (TPSA) is 89.0 Å². The number of hydrogen-bond acceptors (Lipinski definition) is 5. The number of ether oxygens (including phenoxy) is 1. The zero-order chi connectivity index (χ0) is 12.3. The molecule has 0 amide bonds. The van der Waals surface area contributed by atoms with Gasteiger partial charge in [0, 0.05) is 0 Å². The molecule has 5 nitrogen and oxygen atoms in total. The van der Waals surface area contributed by atoms with Crippen molar-refractivity contribution < 1.29 is 18.3 Å². The van der Waals surface area contributed by atoms with Crippen LogP contribution in [0.25, 0.3) is 0 Å². The molecule has 0 spiro atoms. The molecule has 0 atom stereocenters. The van der Waals surface area contributed by atoms with Gasteiger partial charge in [0.2, 0.25) is 0 Å². The van der Waals surface area contributed by atoms with Crippen LogP contribution >= 0.6 is 0 Å². The Kier molecular flexibility index (Phi) is 3.35. The lowest BCUT2D eigenvalue weighted by Crippen LogP contribution is -2.11. The summed E-state index contributed by atoms with van der Waals surface area (Å²) >= 11 is 0. The van der Waals surface area contributed by atoms with Crippen LogP contribution in [0.4, 0.5) is 14.6 Å². The second-order valence-electron chi connectivity index (χ2n) is 2.76. The molecule has 0 saturated heterocycles. The summed E-state index contributed by atoms with van der Waals surface area (Å²) in [6, 6.07) is 2.41.